The summed E-state index contributed by atoms with van der Waals surface area (Å²) in [5.74, 6) is 0.0127. The molecule has 0 radical (unpaired) electrons. The molecule has 0 aromatic heterocycles. The van der Waals surface area contributed by atoms with E-state index in [1.165, 1.54) is 0 Å². The summed E-state index contributed by atoms with van der Waals surface area (Å²) in [6.45, 7) is 1.95. The van der Waals surface area contributed by atoms with Gasteiger partial charge in [-0.1, -0.05) is 24.3 Å². The molecular formula is C17H16N2O3. The van der Waals surface area contributed by atoms with Crippen molar-refractivity contribution >= 4 is 23.2 Å². The van der Waals surface area contributed by atoms with E-state index in [0.717, 1.165) is 5.56 Å². The number of carbonyl (C=O) groups is 2. The SMILES string of the molecule is Cc1cccc(NC(=O)CC2Oc3ccccc3NC2=O)c1. The largest absolute Gasteiger partial charge is 0.478 e. The molecular weight excluding hydrogens is 280 g/mol. The lowest BCUT2D eigenvalue weighted by molar-refractivity contribution is -0.128. The minimum Gasteiger partial charge on any atom is -0.478 e. The van der Waals surface area contributed by atoms with E-state index in [0.29, 0.717) is 17.1 Å². The highest BCUT2D eigenvalue weighted by atomic mass is 16.5. The van der Waals surface area contributed by atoms with Crippen LogP contribution in [0.15, 0.2) is 48.5 Å². The third kappa shape index (κ3) is 3.09. The molecule has 1 aliphatic rings. The molecule has 2 aromatic carbocycles. The van der Waals surface area contributed by atoms with Crippen LogP contribution in [0.5, 0.6) is 5.75 Å². The van der Waals surface area contributed by atoms with Gasteiger partial charge in [-0.05, 0) is 36.8 Å². The van der Waals surface area contributed by atoms with Crippen molar-refractivity contribution in [1.29, 1.82) is 0 Å². The van der Waals surface area contributed by atoms with Crippen molar-refractivity contribution in [3.8, 4) is 5.75 Å². The lowest BCUT2D eigenvalue weighted by Crippen LogP contribution is -2.39. The Balaban J connectivity index is 1.66. The third-order valence-corrected chi connectivity index (χ3v) is 3.38. The summed E-state index contributed by atoms with van der Waals surface area (Å²) >= 11 is 0. The molecule has 2 N–H and O–H groups in total. The van der Waals surface area contributed by atoms with Crippen LogP contribution in [0.2, 0.25) is 0 Å². The maximum absolute atomic E-state index is 12.1. The molecule has 3 rings (SSSR count). The molecule has 0 saturated carbocycles. The average molecular weight is 296 g/mol. The fourth-order valence-electron chi connectivity index (χ4n) is 2.33. The Morgan fingerprint density at radius 3 is 2.86 bits per heavy atom. The third-order valence-electron chi connectivity index (χ3n) is 3.38. The number of hydrogen-bond acceptors (Lipinski definition) is 3. The van der Waals surface area contributed by atoms with Crippen LogP contribution in [0, 0.1) is 6.92 Å². The van der Waals surface area contributed by atoms with Crippen molar-refractivity contribution in [1.82, 2.24) is 0 Å². The molecule has 0 fully saturated rings. The first kappa shape index (κ1) is 14.1. The molecule has 5 heteroatoms. The van der Waals surface area contributed by atoms with E-state index in [-0.39, 0.29) is 18.2 Å². The van der Waals surface area contributed by atoms with Gasteiger partial charge in [-0.2, -0.15) is 0 Å². The van der Waals surface area contributed by atoms with Crippen LogP contribution < -0.4 is 15.4 Å². The number of rotatable bonds is 3. The zero-order chi connectivity index (χ0) is 15.5. The number of nitrogens with one attached hydrogen (secondary N) is 2. The van der Waals surface area contributed by atoms with Gasteiger partial charge >= 0.3 is 0 Å². The highest BCUT2D eigenvalue weighted by Gasteiger charge is 2.29. The van der Waals surface area contributed by atoms with Crippen LogP contribution in [0.3, 0.4) is 0 Å². The minimum atomic E-state index is -0.820. The molecule has 1 heterocycles. The van der Waals surface area contributed by atoms with Gasteiger partial charge in [-0.15, -0.1) is 0 Å². The highest BCUT2D eigenvalue weighted by molar-refractivity contribution is 6.01. The van der Waals surface area contributed by atoms with E-state index in [2.05, 4.69) is 10.6 Å². The Labute approximate surface area is 128 Å². The monoisotopic (exact) mass is 296 g/mol. The van der Waals surface area contributed by atoms with Gasteiger partial charge in [0.2, 0.25) is 5.91 Å². The van der Waals surface area contributed by atoms with Crippen molar-refractivity contribution < 1.29 is 14.3 Å². The maximum atomic E-state index is 12.1. The number of amides is 2. The number of para-hydroxylation sites is 2. The first-order valence-electron chi connectivity index (χ1n) is 7.05. The lowest BCUT2D eigenvalue weighted by atomic mass is 10.1. The van der Waals surface area contributed by atoms with Gasteiger partial charge in [0.05, 0.1) is 12.1 Å². The first-order chi connectivity index (χ1) is 10.6. The fourth-order valence-corrected chi connectivity index (χ4v) is 2.33. The van der Waals surface area contributed by atoms with Crippen LogP contribution in [0.4, 0.5) is 11.4 Å². The molecule has 2 amide bonds. The van der Waals surface area contributed by atoms with Crippen molar-refractivity contribution in [3.63, 3.8) is 0 Å². The topological polar surface area (TPSA) is 67.4 Å². The number of anilines is 2. The summed E-state index contributed by atoms with van der Waals surface area (Å²) in [6.07, 6.45) is -0.853. The zero-order valence-electron chi connectivity index (χ0n) is 12.1. The number of fused-ring (bicyclic) bond motifs is 1. The van der Waals surface area contributed by atoms with Gasteiger partial charge in [-0.3, -0.25) is 9.59 Å². The quantitative estimate of drug-likeness (QED) is 0.915. The van der Waals surface area contributed by atoms with Crippen LogP contribution >= 0.6 is 0 Å². The minimum absolute atomic E-state index is 0.0336. The second kappa shape index (κ2) is 5.89. The molecule has 1 aliphatic heterocycles. The van der Waals surface area contributed by atoms with E-state index >= 15 is 0 Å². The Bertz CT molecular complexity index is 727. The molecule has 112 valence electrons. The highest BCUT2D eigenvalue weighted by Crippen LogP contribution is 2.29. The van der Waals surface area contributed by atoms with Crippen molar-refractivity contribution in [2.24, 2.45) is 0 Å². The summed E-state index contributed by atoms with van der Waals surface area (Å²) in [5, 5.41) is 5.52. The van der Waals surface area contributed by atoms with Gasteiger partial charge in [-0.25, -0.2) is 0 Å². The first-order valence-corrected chi connectivity index (χ1v) is 7.05. The Hall–Kier alpha value is -2.82. The fraction of sp³-hybridized carbons (Fsp3) is 0.176. The Kier molecular flexibility index (Phi) is 3.78. The van der Waals surface area contributed by atoms with E-state index in [4.69, 9.17) is 4.74 Å². The predicted octanol–water partition coefficient (Wildman–Crippen LogP) is 2.72. The van der Waals surface area contributed by atoms with Gasteiger partial charge in [0.15, 0.2) is 6.10 Å². The molecule has 0 spiro atoms. The summed E-state index contributed by atoms with van der Waals surface area (Å²) in [4.78, 5) is 24.1. The predicted molar refractivity (Wildman–Crippen MR) is 83.9 cm³/mol. The molecule has 0 aliphatic carbocycles. The second-order valence-electron chi connectivity index (χ2n) is 5.21. The average Bonchev–Trinajstić information content (AvgIpc) is 2.48. The van der Waals surface area contributed by atoms with Crippen LogP contribution in [-0.4, -0.2) is 17.9 Å². The van der Waals surface area contributed by atoms with Gasteiger partial charge in [0.25, 0.3) is 5.91 Å². The molecule has 22 heavy (non-hydrogen) atoms. The number of hydrogen-bond donors (Lipinski definition) is 2. The maximum Gasteiger partial charge on any atom is 0.266 e. The van der Waals surface area contributed by atoms with Gasteiger partial charge in [0.1, 0.15) is 5.75 Å². The van der Waals surface area contributed by atoms with Gasteiger partial charge < -0.3 is 15.4 Å². The molecule has 0 saturated heterocycles. The Morgan fingerprint density at radius 2 is 2.05 bits per heavy atom. The van der Waals surface area contributed by atoms with Gasteiger partial charge in [0, 0.05) is 5.69 Å². The Morgan fingerprint density at radius 1 is 1.23 bits per heavy atom. The van der Waals surface area contributed by atoms with Crippen molar-refractivity contribution in [3.05, 3.63) is 54.1 Å². The molecule has 2 aromatic rings. The number of benzene rings is 2. The number of aryl methyl sites for hydroxylation is 1. The number of ether oxygens (including phenoxy) is 1. The van der Waals surface area contributed by atoms with E-state index in [9.17, 15) is 9.59 Å². The molecule has 1 atom stereocenters. The molecule has 0 bridgehead atoms. The summed E-state index contributed by atoms with van der Waals surface area (Å²) in [5.41, 5.74) is 2.39. The number of carbonyl (C=O) groups excluding carboxylic acids is 2. The van der Waals surface area contributed by atoms with E-state index in [1.807, 2.05) is 43.3 Å². The van der Waals surface area contributed by atoms with E-state index < -0.39 is 6.10 Å². The van der Waals surface area contributed by atoms with Crippen molar-refractivity contribution in [2.45, 2.75) is 19.4 Å². The smallest absolute Gasteiger partial charge is 0.266 e. The molecule has 5 nitrogen and oxygen atoms in total. The van der Waals surface area contributed by atoms with Crippen LogP contribution in [0.25, 0.3) is 0 Å². The van der Waals surface area contributed by atoms with Crippen LogP contribution in [0.1, 0.15) is 12.0 Å². The summed E-state index contributed by atoms with van der Waals surface area (Å²) in [6, 6.07) is 14.6. The summed E-state index contributed by atoms with van der Waals surface area (Å²) < 4.78 is 5.60. The second-order valence-corrected chi connectivity index (χ2v) is 5.21. The van der Waals surface area contributed by atoms with Crippen molar-refractivity contribution in [2.75, 3.05) is 10.6 Å². The lowest BCUT2D eigenvalue weighted by Gasteiger charge is -2.25. The summed E-state index contributed by atoms with van der Waals surface area (Å²) in [7, 11) is 0. The van der Waals surface area contributed by atoms with E-state index in [1.54, 1.807) is 12.1 Å². The zero-order valence-corrected chi connectivity index (χ0v) is 12.1. The van der Waals surface area contributed by atoms with Crippen LogP contribution in [-0.2, 0) is 9.59 Å². The molecule has 1 unspecified atom stereocenters. The normalized spacial score (nSPS) is 16.2. The standard InChI is InChI=1S/C17H16N2O3/c1-11-5-4-6-12(9-11)18-16(20)10-15-17(21)19-13-7-2-3-8-14(13)22-15/h2-9,15H,10H2,1H3,(H,18,20)(H,19,21).